The molecule has 17 heavy (non-hydrogen) atoms. The third-order valence-corrected chi connectivity index (χ3v) is 3.17. The lowest BCUT2D eigenvalue weighted by Gasteiger charge is -2.18. The summed E-state index contributed by atoms with van der Waals surface area (Å²) >= 11 is 0. The summed E-state index contributed by atoms with van der Waals surface area (Å²) in [4.78, 5) is 0. The van der Waals surface area contributed by atoms with Crippen LogP contribution in [0.1, 0.15) is 13.8 Å². The standard InChI is InChI=1S/C15H20N2/c1-11(2)14(16)10-17-15-9-5-7-12-6-3-4-8-13(12)15/h3-9,11,14,17H,10,16H2,1-2H3. The summed E-state index contributed by atoms with van der Waals surface area (Å²) in [5.74, 6) is 0.498. The van der Waals surface area contributed by atoms with E-state index in [0.717, 1.165) is 6.54 Å². The second kappa shape index (κ2) is 5.19. The van der Waals surface area contributed by atoms with Crippen molar-refractivity contribution in [2.75, 3.05) is 11.9 Å². The number of nitrogens with one attached hydrogen (secondary N) is 1. The fourth-order valence-corrected chi connectivity index (χ4v) is 1.84. The molecule has 2 aromatic carbocycles. The van der Waals surface area contributed by atoms with Crippen LogP contribution in [0.15, 0.2) is 42.5 Å². The largest absolute Gasteiger partial charge is 0.383 e. The van der Waals surface area contributed by atoms with Crippen molar-refractivity contribution in [1.29, 1.82) is 0 Å². The Kier molecular flexibility index (Phi) is 3.64. The molecule has 2 aromatic rings. The van der Waals surface area contributed by atoms with E-state index >= 15 is 0 Å². The van der Waals surface area contributed by atoms with Gasteiger partial charge < -0.3 is 11.1 Å². The molecule has 0 aliphatic rings. The van der Waals surface area contributed by atoms with Gasteiger partial charge in [-0.15, -0.1) is 0 Å². The van der Waals surface area contributed by atoms with Gasteiger partial charge >= 0.3 is 0 Å². The predicted octanol–water partition coefficient (Wildman–Crippen LogP) is 3.24. The molecule has 1 unspecified atom stereocenters. The first-order valence-corrected chi connectivity index (χ1v) is 6.15. The molecule has 0 aliphatic carbocycles. The van der Waals surface area contributed by atoms with Gasteiger partial charge in [-0.3, -0.25) is 0 Å². The zero-order chi connectivity index (χ0) is 12.3. The number of benzene rings is 2. The van der Waals surface area contributed by atoms with E-state index in [0.29, 0.717) is 5.92 Å². The molecule has 0 spiro atoms. The van der Waals surface area contributed by atoms with Crippen molar-refractivity contribution in [3.63, 3.8) is 0 Å². The summed E-state index contributed by atoms with van der Waals surface area (Å²) < 4.78 is 0. The number of nitrogens with two attached hydrogens (primary N) is 1. The summed E-state index contributed by atoms with van der Waals surface area (Å²) in [6.07, 6.45) is 0. The Balaban J connectivity index is 2.19. The predicted molar refractivity (Wildman–Crippen MR) is 75.3 cm³/mol. The van der Waals surface area contributed by atoms with Gasteiger partial charge in [0.2, 0.25) is 0 Å². The van der Waals surface area contributed by atoms with Crippen molar-refractivity contribution in [3.8, 4) is 0 Å². The maximum absolute atomic E-state index is 6.05. The van der Waals surface area contributed by atoms with E-state index in [9.17, 15) is 0 Å². The molecule has 0 bridgehead atoms. The lowest BCUT2D eigenvalue weighted by Crippen LogP contribution is -2.34. The van der Waals surface area contributed by atoms with Crippen molar-refractivity contribution in [3.05, 3.63) is 42.5 Å². The van der Waals surface area contributed by atoms with Gasteiger partial charge in [0.1, 0.15) is 0 Å². The Morgan fingerprint density at radius 3 is 2.53 bits per heavy atom. The number of anilines is 1. The Hall–Kier alpha value is -1.54. The van der Waals surface area contributed by atoms with Gasteiger partial charge in [0.25, 0.3) is 0 Å². The van der Waals surface area contributed by atoms with Crippen LogP contribution in [0.2, 0.25) is 0 Å². The van der Waals surface area contributed by atoms with E-state index in [4.69, 9.17) is 5.73 Å². The summed E-state index contributed by atoms with van der Waals surface area (Å²) in [7, 11) is 0. The third kappa shape index (κ3) is 2.77. The van der Waals surface area contributed by atoms with Gasteiger partial charge in [0, 0.05) is 23.7 Å². The molecule has 0 radical (unpaired) electrons. The van der Waals surface area contributed by atoms with Crippen LogP contribution in [0.25, 0.3) is 10.8 Å². The summed E-state index contributed by atoms with van der Waals surface area (Å²) in [6, 6.07) is 14.9. The van der Waals surface area contributed by atoms with E-state index in [2.05, 4.69) is 61.6 Å². The lowest BCUT2D eigenvalue weighted by atomic mass is 10.0. The third-order valence-electron chi connectivity index (χ3n) is 3.17. The first-order chi connectivity index (χ1) is 8.18. The molecule has 2 rings (SSSR count). The summed E-state index contributed by atoms with van der Waals surface area (Å²) in [5.41, 5.74) is 7.21. The minimum atomic E-state index is 0.189. The lowest BCUT2D eigenvalue weighted by molar-refractivity contribution is 0.511. The zero-order valence-electron chi connectivity index (χ0n) is 10.5. The summed E-state index contributed by atoms with van der Waals surface area (Å²) in [6.45, 7) is 5.11. The van der Waals surface area contributed by atoms with Crippen LogP contribution in [-0.2, 0) is 0 Å². The topological polar surface area (TPSA) is 38.0 Å². The second-order valence-electron chi connectivity index (χ2n) is 4.82. The van der Waals surface area contributed by atoms with Gasteiger partial charge in [-0.1, -0.05) is 50.2 Å². The van der Waals surface area contributed by atoms with Crippen LogP contribution in [0.3, 0.4) is 0 Å². The molecule has 0 aromatic heterocycles. The maximum atomic E-state index is 6.05. The van der Waals surface area contributed by atoms with Crippen molar-refractivity contribution in [2.45, 2.75) is 19.9 Å². The highest BCUT2D eigenvalue weighted by molar-refractivity contribution is 5.93. The fraction of sp³-hybridized carbons (Fsp3) is 0.333. The number of fused-ring (bicyclic) bond motifs is 1. The molecule has 0 amide bonds. The molecule has 0 saturated heterocycles. The van der Waals surface area contributed by atoms with Crippen LogP contribution in [0.5, 0.6) is 0 Å². The number of rotatable bonds is 4. The smallest absolute Gasteiger partial charge is 0.0420 e. The first kappa shape index (κ1) is 11.9. The molecule has 1 atom stereocenters. The van der Waals surface area contributed by atoms with Gasteiger partial charge in [-0.2, -0.15) is 0 Å². The fourth-order valence-electron chi connectivity index (χ4n) is 1.84. The Morgan fingerprint density at radius 1 is 1.06 bits per heavy atom. The molecular formula is C15H20N2. The number of hydrogen-bond donors (Lipinski definition) is 2. The van der Waals surface area contributed by atoms with E-state index in [1.165, 1.54) is 16.5 Å². The molecule has 3 N–H and O–H groups in total. The average molecular weight is 228 g/mol. The van der Waals surface area contributed by atoms with E-state index in [-0.39, 0.29) is 6.04 Å². The highest BCUT2D eigenvalue weighted by Gasteiger charge is 2.07. The first-order valence-electron chi connectivity index (χ1n) is 6.15. The van der Waals surface area contributed by atoms with Crippen LogP contribution < -0.4 is 11.1 Å². The van der Waals surface area contributed by atoms with Crippen LogP contribution >= 0.6 is 0 Å². The normalized spacial score (nSPS) is 12.9. The molecule has 2 heteroatoms. The van der Waals surface area contributed by atoms with Gasteiger partial charge in [0.15, 0.2) is 0 Å². The minimum absolute atomic E-state index is 0.189. The molecule has 0 saturated carbocycles. The van der Waals surface area contributed by atoms with Gasteiger partial charge in [0.05, 0.1) is 0 Å². The molecule has 0 fully saturated rings. The van der Waals surface area contributed by atoms with Crippen molar-refractivity contribution >= 4 is 16.5 Å². The quantitative estimate of drug-likeness (QED) is 0.843. The van der Waals surface area contributed by atoms with Crippen molar-refractivity contribution in [1.82, 2.24) is 0 Å². The van der Waals surface area contributed by atoms with E-state index < -0.39 is 0 Å². The molecule has 2 nitrogen and oxygen atoms in total. The molecule has 0 aliphatic heterocycles. The van der Waals surface area contributed by atoms with Crippen molar-refractivity contribution < 1.29 is 0 Å². The number of hydrogen-bond acceptors (Lipinski definition) is 2. The van der Waals surface area contributed by atoms with E-state index in [1.807, 2.05) is 0 Å². The van der Waals surface area contributed by atoms with Crippen molar-refractivity contribution in [2.24, 2.45) is 11.7 Å². The van der Waals surface area contributed by atoms with Gasteiger partial charge in [-0.05, 0) is 17.4 Å². The molecule has 90 valence electrons. The zero-order valence-corrected chi connectivity index (χ0v) is 10.5. The summed E-state index contributed by atoms with van der Waals surface area (Å²) in [5, 5.41) is 5.96. The van der Waals surface area contributed by atoms with E-state index in [1.54, 1.807) is 0 Å². The molecule has 0 heterocycles. The van der Waals surface area contributed by atoms with Crippen LogP contribution in [0, 0.1) is 5.92 Å². The Labute approximate surface area is 103 Å². The van der Waals surface area contributed by atoms with Crippen LogP contribution in [0.4, 0.5) is 5.69 Å². The highest BCUT2D eigenvalue weighted by atomic mass is 14.9. The monoisotopic (exact) mass is 228 g/mol. The molecular weight excluding hydrogens is 208 g/mol. The van der Waals surface area contributed by atoms with Crippen LogP contribution in [-0.4, -0.2) is 12.6 Å². The Morgan fingerprint density at radius 2 is 1.76 bits per heavy atom. The van der Waals surface area contributed by atoms with Gasteiger partial charge in [-0.25, -0.2) is 0 Å². The second-order valence-corrected chi connectivity index (χ2v) is 4.82. The maximum Gasteiger partial charge on any atom is 0.0420 e. The SMILES string of the molecule is CC(C)C(N)CNc1cccc2ccccc12. The minimum Gasteiger partial charge on any atom is -0.383 e. The Bertz CT molecular complexity index is 486. The highest BCUT2D eigenvalue weighted by Crippen LogP contribution is 2.22. The average Bonchev–Trinajstić information content (AvgIpc) is 2.35.